The van der Waals surface area contributed by atoms with Crippen LogP contribution in [0.5, 0.6) is 5.75 Å². The number of pyridine rings is 1. The molecule has 1 aliphatic heterocycles. The molecule has 20 heteroatoms. The number of rotatable bonds is 16. The van der Waals surface area contributed by atoms with Gasteiger partial charge in [0, 0.05) is 37.3 Å². The Morgan fingerprint density at radius 2 is 1.64 bits per heavy atom. The van der Waals surface area contributed by atoms with E-state index in [4.69, 9.17) is 38.3 Å². The predicted molar refractivity (Wildman–Crippen MR) is 182 cm³/mol. The highest BCUT2D eigenvalue weighted by molar-refractivity contribution is 7.52. The van der Waals surface area contributed by atoms with E-state index >= 15 is 0 Å². The van der Waals surface area contributed by atoms with E-state index in [2.05, 4.69) is 25.4 Å². The zero-order valence-corrected chi connectivity index (χ0v) is 29.9. The first-order valence-corrected chi connectivity index (χ1v) is 17.6. The fraction of sp³-hybridized carbons (Fsp3) is 0.394. The minimum Gasteiger partial charge on any atom is -0.460 e. The van der Waals surface area contributed by atoms with E-state index in [1.165, 1.54) is 19.1 Å². The van der Waals surface area contributed by atoms with Crippen molar-refractivity contribution in [1.29, 1.82) is 0 Å². The molecule has 1 aliphatic rings. The summed E-state index contributed by atoms with van der Waals surface area (Å²) in [6.45, 7) is 2.91. The van der Waals surface area contributed by atoms with Gasteiger partial charge in [0.15, 0.2) is 12.2 Å². The summed E-state index contributed by atoms with van der Waals surface area (Å²) in [4.78, 5) is 69.2. The predicted octanol–water partition coefficient (Wildman–Crippen LogP) is 3.41. The number of hydrogen-bond donors (Lipinski definition) is 2. The highest BCUT2D eigenvalue weighted by Gasteiger charge is 2.52. The smallest absolute Gasteiger partial charge is 0.459 e. The molecule has 4 rings (SSSR count). The van der Waals surface area contributed by atoms with Crippen molar-refractivity contribution < 1.29 is 61.3 Å². The summed E-state index contributed by atoms with van der Waals surface area (Å²) in [6.07, 6.45) is -4.73. The molecule has 0 radical (unpaired) electrons. The van der Waals surface area contributed by atoms with Crippen LogP contribution in [0.25, 0.3) is 21.3 Å². The van der Waals surface area contributed by atoms with Crippen molar-refractivity contribution in [2.75, 3.05) is 13.2 Å². The van der Waals surface area contributed by atoms with Gasteiger partial charge in [-0.15, -0.1) is 0 Å². The van der Waals surface area contributed by atoms with Gasteiger partial charge in [0.05, 0.1) is 12.1 Å². The molecular weight excluding hydrogens is 719 g/mol. The van der Waals surface area contributed by atoms with Crippen LogP contribution in [0.3, 0.4) is 0 Å². The van der Waals surface area contributed by atoms with Crippen LogP contribution in [-0.4, -0.2) is 84.6 Å². The van der Waals surface area contributed by atoms with Gasteiger partial charge in [-0.1, -0.05) is 41.5 Å². The Morgan fingerprint density at radius 1 is 0.943 bits per heavy atom. The fourth-order valence-electron chi connectivity index (χ4n) is 5.19. The molecule has 1 amide bonds. The first-order chi connectivity index (χ1) is 25.3. The summed E-state index contributed by atoms with van der Waals surface area (Å²) in [5, 5.41) is 8.90. The topological polar surface area (TPSA) is 253 Å². The van der Waals surface area contributed by atoms with Gasteiger partial charge >= 0.3 is 31.6 Å². The lowest BCUT2D eigenvalue weighted by Crippen LogP contribution is -2.67. The number of benzene rings is 2. The van der Waals surface area contributed by atoms with Crippen LogP contribution in [0.1, 0.15) is 33.3 Å². The molecule has 1 fully saturated rings. The Bertz CT molecular complexity index is 1890. The number of carbonyl (C=O) groups is 5. The largest absolute Gasteiger partial charge is 0.460 e. The third-order valence-corrected chi connectivity index (χ3v) is 8.97. The van der Waals surface area contributed by atoms with Crippen molar-refractivity contribution >= 4 is 48.4 Å². The molecule has 2 N–H and O–H groups in total. The summed E-state index contributed by atoms with van der Waals surface area (Å²) in [5.74, 6) is -4.29. The number of azide groups is 1. The average molecular weight is 757 g/mol. The van der Waals surface area contributed by atoms with E-state index in [1.54, 1.807) is 42.6 Å². The number of nitrogens with one attached hydrogen (secondary N) is 2. The van der Waals surface area contributed by atoms with Gasteiger partial charge in [-0.3, -0.25) is 33.5 Å². The number of nitrogens with zero attached hydrogens (tertiary/aromatic N) is 4. The number of aromatic nitrogens is 1. The van der Waals surface area contributed by atoms with Crippen molar-refractivity contribution in [3.05, 3.63) is 82.9 Å². The molecule has 0 aliphatic carbocycles. The number of amides is 1. The van der Waals surface area contributed by atoms with Crippen molar-refractivity contribution in [3.8, 4) is 5.75 Å². The minimum absolute atomic E-state index is 0.0756. The monoisotopic (exact) mass is 756 g/mol. The second-order valence-electron chi connectivity index (χ2n) is 11.4. The van der Waals surface area contributed by atoms with Crippen LogP contribution in [0, 0.1) is 0 Å². The van der Waals surface area contributed by atoms with Crippen LogP contribution in [0.2, 0.25) is 0 Å². The van der Waals surface area contributed by atoms with Crippen LogP contribution in [-0.2, 0) is 63.4 Å². The van der Waals surface area contributed by atoms with Gasteiger partial charge in [-0.25, -0.2) is 4.57 Å². The third-order valence-electron chi connectivity index (χ3n) is 7.33. The molecule has 0 saturated carbocycles. The maximum atomic E-state index is 14.3. The second kappa shape index (κ2) is 18.8. The lowest BCUT2D eigenvalue weighted by Gasteiger charge is -2.44. The summed E-state index contributed by atoms with van der Waals surface area (Å²) >= 11 is 0. The number of carbonyl (C=O) groups excluding carboxylic acids is 5. The minimum atomic E-state index is -4.57. The average Bonchev–Trinajstić information content (AvgIpc) is 3.11. The van der Waals surface area contributed by atoms with Crippen LogP contribution >= 0.6 is 7.75 Å². The van der Waals surface area contributed by atoms with E-state index in [1.807, 2.05) is 12.1 Å². The molecule has 53 heavy (non-hydrogen) atoms. The molecule has 1 saturated heterocycles. The first kappa shape index (κ1) is 40.2. The molecule has 2 unspecified atom stereocenters. The first-order valence-electron chi connectivity index (χ1n) is 16.0. The van der Waals surface area contributed by atoms with Crippen molar-refractivity contribution in [3.63, 3.8) is 0 Å². The third kappa shape index (κ3) is 11.7. The normalized spacial score (nSPS) is 21.1. The zero-order valence-electron chi connectivity index (χ0n) is 29.0. The fourth-order valence-corrected chi connectivity index (χ4v) is 6.69. The number of para-hydroxylation sites is 1. The van der Waals surface area contributed by atoms with Gasteiger partial charge in [-0.05, 0) is 42.3 Å². The molecule has 19 nitrogen and oxygen atoms in total. The Kier molecular flexibility index (Phi) is 14.2. The summed E-state index contributed by atoms with van der Waals surface area (Å²) in [6, 6.07) is 14.0. The lowest BCUT2D eigenvalue weighted by molar-refractivity contribution is -0.268. The standard InChI is InChI=1S/C33H37N6O13P/c1-19(32(44)46-17-23-10-8-14-26-25(23)13-9-15-35-26)38-53(45,52-24-11-6-5-7-12-24)47-18-27-30(48-20(2)40)31(49-21(3)41)29(33(51-27)50-22(4)42)37-28(43)16-36-39-34/h5-15,19,27,29-31,33H,16-18H2,1-4H3,(H,37,43)(H,38,45)/t19-,27+,29-,30+,31+,33?,53?/m0/s1. The number of hydrogen-bond acceptors (Lipinski definition) is 15. The van der Waals surface area contributed by atoms with Crippen LogP contribution in [0.15, 0.2) is 72.0 Å². The number of fused-ring (bicyclic) bond motifs is 1. The Hall–Kier alpha value is -5.58. The van der Waals surface area contributed by atoms with E-state index in [0.717, 1.165) is 26.2 Å². The maximum absolute atomic E-state index is 14.3. The molecule has 282 valence electrons. The number of esters is 4. The molecule has 3 aromatic rings. The van der Waals surface area contributed by atoms with Gasteiger partial charge in [0.1, 0.15) is 37.1 Å². The highest BCUT2D eigenvalue weighted by atomic mass is 31.2. The SMILES string of the molecule is CC(=O)OC1O[C@H](COP(=O)(N[C@@H](C)C(=O)OCc2cccc3ncccc23)Oc2ccccc2)[C@@H](OC(C)=O)[C@H](OC(C)=O)[C@@H]1NC(=O)CN=[N+]=[N-]. The Balaban J connectivity index is 1.59. The molecule has 0 bridgehead atoms. The second-order valence-corrected chi connectivity index (χ2v) is 13.1. The van der Waals surface area contributed by atoms with Crippen LogP contribution in [0.4, 0.5) is 0 Å². The highest BCUT2D eigenvalue weighted by Crippen LogP contribution is 2.46. The van der Waals surface area contributed by atoms with Crippen molar-refractivity contribution in [2.24, 2.45) is 5.11 Å². The zero-order chi connectivity index (χ0) is 38.5. The molecule has 2 heterocycles. The van der Waals surface area contributed by atoms with E-state index in [0.29, 0.717) is 11.1 Å². The summed E-state index contributed by atoms with van der Waals surface area (Å²) < 4.78 is 53.4. The van der Waals surface area contributed by atoms with Gasteiger partial charge in [-0.2, -0.15) is 5.09 Å². The van der Waals surface area contributed by atoms with Gasteiger partial charge in [0.2, 0.25) is 12.2 Å². The molecule has 1 aromatic heterocycles. The van der Waals surface area contributed by atoms with Gasteiger partial charge < -0.3 is 33.5 Å². The molecular formula is C33H37N6O13P. The number of ether oxygens (including phenoxy) is 5. The molecule has 2 aromatic carbocycles. The Labute approximate surface area is 302 Å². The van der Waals surface area contributed by atoms with E-state index in [-0.39, 0.29) is 12.4 Å². The van der Waals surface area contributed by atoms with Crippen LogP contribution < -0.4 is 14.9 Å². The van der Waals surface area contributed by atoms with E-state index < -0.39 is 87.4 Å². The van der Waals surface area contributed by atoms with Crippen molar-refractivity contribution in [1.82, 2.24) is 15.4 Å². The van der Waals surface area contributed by atoms with Crippen molar-refractivity contribution in [2.45, 2.75) is 71.0 Å². The maximum Gasteiger partial charge on any atom is 0.459 e. The quantitative estimate of drug-likeness (QED) is 0.0530. The van der Waals surface area contributed by atoms with Gasteiger partial charge in [0.25, 0.3) is 0 Å². The van der Waals surface area contributed by atoms with E-state index in [9.17, 15) is 28.5 Å². The molecule has 0 spiro atoms. The Morgan fingerprint density at radius 3 is 2.32 bits per heavy atom. The summed E-state index contributed by atoms with van der Waals surface area (Å²) in [7, 11) is -4.57. The summed E-state index contributed by atoms with van der Waals surface area (Å²) in [5.41, 5.74) is 10.0. The molecule has 7 atom stereocenters. The lowest BCUT2D eigenvalue weighted by atomic mass is 9.96.